The van der Waals surface area contributed by atoms with Gasteiger partial charge in [0, 0.05) is 12.7 Å². The van der Waals surface area contributed by atoms with Crippen LogP contribution in [0.4, 0.5) is 0 Å². The molecule has 0 aliphatic carbocycles. The highest BCUT2D eigenvalue weighted by Gasteiger charge is 2.19. The molecule has 0 aliphatic heterocycles. The van der Waals surface area contributed by atoms with Crippen LogP contribution in [0, 0.1) is 6.92 Å². The zero-order chi connectivity index (χ0) is 15.5. The fraction of sp³-hybridized carbons (Fsp3) is 0.267. The highest BCUT2D eigenvalue weighted by molar-refractivity contribution is 7.89. The second kappa shape index (κ2) is 6.34. The highest BCUT2D eigenvalue weighted by atomic mass is 32.2. The lowest BCUT2D eigenvalue weighted by Gasteiger charge is -2.14. The number of aromatic nitrogens is 1. The van der Waals surface area contributed by atoms with Crippen molar-refractivity contribution in [1.82, 2.24) is 9.71 Å². The Kier molecular flexibility index (Phi) is 4.72. The molecule has 6 heteroatoms. The van der Waals surface area contributed by atoms with Gasteiger partial charge in [0.15, 0.2) is 0 Å². The molecule has 0 aliphatic rings. The van der Waals surface area contributed by atoms with Gasteiger partial charge in [0.2, 0.25) is 10.0 Å². The minimum atomic E-state index is -3.59. The van der Waals surface area contributed by atoms with Gasteiger partial charge in [-0.1, -0.05) is 12.1 Å². The number of rotatable bonds is 5. The topological polar surface area (TPSA) is 85.1 Å². The van der Waals surface area contributed by atoms with Crippen molar-refractivity contribution in [1.29, 1.82) is 0 Å². The first-order chi connectivity index (χ1) is 9.94. The molecule has 0 bridgehead atoms. The maximum Gasteiger partial charge on any atom is 0.241 e. The first-order valence-electron chi connectivity index (χ1n) is 6.67. The van der Waals surface area contributed by atoms with Crippen molar-refractivity contribution in [2.45, 2.75) is 31.3 Å². The van der Waals surface area contributed by atoms with Gasteiger partial charge in [-0.15, -0.1) is 0 Å². The lowest BCUT2D eigenvalue weighted by atomic mass is 10.1. The summed E-state index contributed by atoms with van der Waals surface area (Å²) >= 11 is 0. The SMILES string of the molecule is Cc1cc(S(=O)(=O)NC(C)c2ccccn2)ccc1CN. The third-order valence-corrected chi connectivity index (χ3v) is 4.85. The molecule has 2 aromatic rings. The van der Waals surface area contributed by atoms with Gasteiger partial charge < -0.3 is 5.73 Å². The van der Waals surface area contributed by atoms with Gasteiger partial charge in [0.25, 0.3) is 0 Å². The molecule has 0 amide bonds. The average Bonchev–Trinajstić information content (AvgIpc) is 2.47. The number of sulfonamides is 1. The van der Waals surface area contributed by atoms with Gasteiger partial charge in [0.05, 0.1) is 16.6 Å². The standard InChI is InChI=1S/C15H19N3O2S/c1-11-9-14(7-6-13(11)10-16)21(19,20)18-12(2)15-5-3-4-8-17-15/h3-9,12,18H,10,16H2,1-2H3. The molecule has 0 saturated heterocycles. The smallest absolute Gasteiger partial charge is 0.241 e. The number of hydrogen-bond acceptors (Lipinski definition) is 4. The molecule has 1 atom stereocenters. The fourth-order valence-corrected chi connectivity index (χ4v) is 3.36. The van der Waals surface area contributed by atoms with Crippen LogP contribution in [-0.4, -0.2) is 13.4 Å². The Morgan fingerprint density at radius 1 is 1.29 bits per heavy atom. The minimum absolute atomic E-state index is 0.236. The van der Waals surface area contributed by atoms with E-state index in [0.717, 1.165) is 11.1 Å². The molecule has 3 N–H and O–H groups in total. The second-order valence-electron chi connectivity index (χ2n) is 4.89. The van der Waals surface area contributed by atoms with Gasteiger partial charge >= 0.3 is 0 Å². The Morgan fingerprint density at radius 2 is 2.05 bits per heavy atom. The molecular weight excluding hydrogens is 286 g/mol. The molecule has 1 unspecified atom stereocenters. The predicted octanol–water partition coefficient (Wildman–Crippen LogP) is 1.89. The summed E-state index contributed by atoms with van der Waals surface area (Å²) in [4.78, 5) is 4.39. The van der Waals surface area contributed by atoms with Gasteiger partial charge in [-0.25, -0.2) is 13.1 Å². The van der Waals surface area contributed by atoms with Crippen LogP contribution in [0.25, 0.3) is 0 Å². The lowest BCUT2D eigenvalue weighted by molar-refractivity contribution is 0.564. The fourth-order valence-electron chi connectivity index (χ4n) is 2.06. The highest BCUT2D eigenvalue weighted by Crippen LogP contribution is 2.18. The van der Waals surface area contributed by atoms with Crippen LogP contribution in [0.3, 0.4) is 0 Å². The molecule has 0 spiro atoms. The van der Waals surface area contributed by atoms with E-state index in [2.05, 4.69) is 9.71 Å². The van der Waals surface area contributed by atoms with Crippen molar-refractivity contribution >= 4 is 10.0 Å². The first kappa shape index (κ1) is 15.6. The Labute approximate surface area is 125 Å². The number of nitrogens with two attached hydrogens (primary N) is 1. The Hall–Kier alpha value is -1.76. The molecule has 1 aromatic heterocycles. The summed E-state index contributed by atoms with van der Waals surface area (Å²) < 4.78 is 27.4. The quantitative estimate of drug-likeness (QED) is 0.883. The summed E-state index contributed by atoms with van der Waals surface area (Å²) in [6.45, 7) is 4.01. The zero-order valence-electron chi connectivity index (χ0n) is 12.1. The molecule has 0 saturated carbocycles. The van der Waals surface area contributed by atoms with Crippen molar-refractivity contribution in [2.75, 3.05) is 0 Å². The summed E-state index contributed by atoms with van der Waals surface area (Å²) in [5.74, 6) is 0. The molecule has 2 rings (SSSR count). The maximum absolute atomic E-state index is 12.4. The number of benzene rings is 1. The number of nitrogens with one attached hydrogen (secondary N) is 1. The molecule has 0 fully saturated rings. The van der Waals surface area contributed by atoms with E-state index in [-0.39, 0.29) is 4.90 Å². The molecule has 0 radical (unpaired) electrons. The summed E-state index contributed by atoms with van der Waals surface area (Å²) in [5, 5.41) is 0. The van der Waals surface area contributed by atoms with E-state index in [1.807, 2.05) is 13.0 Å². The third kappa shape index (κ3) is 3.66. The molecule has 1 heterocycles. The first-order valence-corrected chi connectivity index (χ1v) is 8.15. The second-order valence-corrected chi connectivity index (χ2v) is 6.60. The Balaban J connectivity index is 2.24. The largest absolute Gasteiger partial charge is 0.326 e. The van der Waals surface area contributed by atoms with Crippen molar-refractivity contribution in [3.8, 4) is 0 Å². The van der Waals surface area contributed by atoms with Gasteiger partial charge in [0.1, 0.15) is 0 Å². The van der Waals surface area contributed by atoms with Gasteiger partial charge in [-0.2, -0.15) is 0 Å². The number of aryl methyl sites for hydroxylation is 1. The Morgan fingerprint density at radius 3 is 2.62 bits per heavy atom. The molecule has 1 aromatic carbocycles. The third-order valence-electron chi connectivity index (χ3n) is 3.31. The number of nitrogens with zero attached hydrogens (tertiary/aromatic N) is 1. The van der Waals surface area contributed by atoms with Crippen LogP contribution in [0.2, 0.25) is 0 Å². The van der Waals surface area contributed by atoms with Gasteiger partial charge in [-0.3, -0.25) is 4.98 Å². The molecule has 21 heavy (non-hydrogen) atoms. The van der Waals surface area contributed by atoms with Crippen LogP contribution >= 0.6 is 0 Å². The molecule has 112 valence electrons. The monoisotopic (exact) mass is 305 g/mol. The van der Waals surface area contributed by atoms with Crippen molar-refractivity contribution < 1.29 is 8.42 Å². The van der Waals surface area contributed by atoms with Crippen molar-refractivity contribution in [2.24, 2.45) is 5.73 Å². The summed E-state index contributed by atoms with van der Waals surface area (Å²) in [5.41, 5.74) is 8.07. The van der Waals surface area contributed by atoms with Crippen LogP contribution in [0.1, 0.15) is 29.8 Å². The molecule has 5 nitrogen and oxygen atoms in total. The van der Waals surface area contributed by atoms with E-state index in [9.17, 15) is 8.42 Å². The Bertz CT molecular complexity index is 715. The molecular formula is C15H19N3O2S. The normalized spacial score (nSPS) is 13.1. The van der Waals surface area contributed by atoms with E-state index >= 15 is 0 Å². The lowest BCUT2D eigenvalue weighted by Crippen LogP contribution is -2.27. The van der Waals surface area contributed by atoms with E-state index in [4.69, 9.17) is 5.73 Å². The zero-order valence-corrected chi connectivity index (χ0v) is 12.9. The van der Waals surface area contributed by atoms with Crippen LogP contribution in [0.15, 0.2) is 47.5 Å². The average molecular weight is 305 g/mol. The summed E-state index contributed by atoms with van der Waals surface area (Å²) in [6.07, 6.45) is 1.64. The van der Waals surface area contributed by atoms with E-state index in [1.54, 1.807) is 43.5 Å². The predicted molar refractivity (Wildman–Crippen MR) is 82.0 cm³/mol. The van der Waals surface area contributed by atoms with E-state index in [1.165, 1.54) is 0 Å². The van der Waals surface area contributed by atoms with E-state index < -0.39 is 16.1 Å². The number of hydrogen-bond donors (Lipinski definition) is 2. The summed E-state index contributed by atoms with van der Waals surface area (Å²) in [6, 6.07) is 9.96. The van der Waals surface area contributed by atoms with Crippen LogP contribution in [0.5, 0.6) is 0 Å². The summed E-state index contributed by atoms with van der Waals surface area (Å²) in [7, 11) is -3.59. The van der Waals surface area contributed by atoms with Crippen molar-refractivity contribution in [3.63, 3.8) is 0 Å². The van der Waals surface area contributed by atoms with E-state index in [0.29, 0.717) is 12.2 Å². The van der Waals surface area contributed by atoms with Gasteiger partial charge in [-0.05, 0) is 49.2 Å². The van der Waals surface area contributed by atoms with Crippen LogP contribution in [-0.2, 0) is 16.6 Å². The minimum Gasteiger partial charge on any atom is -0.326 e. The van der Waals surface area contributed by atoms with Crippen molar-refractivity contribution in [3.05, 3.63) is 59.4 Å². The van der Waals surface area contributed by atoms with Crippen LogP contribution < -0.4 is 10.5 Å². The number of pyridine rings is 1. The maximum atomic E-state index is 12.4.